The van der Waals surface area contributed by atoms with Crippen LogP contribution in [0.25, 0.3) is 20.9 Å². The molecule has 1 aliphatic carbocycles. The number of thiophene rings is 2. The fraction of sp³-hybridized carbons (Fsp3) is 0.424. The zero-order valence-electron chi connectivity index (χ0n) is 45.0. The molecule has 0 atom stereocenters. The maximum Gasteiger partial charge on any atom is 0.412 e. The van der Waals surface area contributed by atoms with E-state index in [4.69, 9.17) is 26.8 Å². The van der Waals surface area contributed by atoms with E-state index in [2.05, 4.69) is 42.2 Å². The number of benzene rings is 2. The minimum absolute atomic E-state index is 0.0770. The number of aromatic nitrogens is 2. The average Bonchev–Trinajstić information content (AvgIpc) is 4.27. The lowest BCUT2D eigenvalue weighted by molar-refractivity contribution is 0.00199. The SMILES string of the molecule is CC(C)(C)OC(=O)N1CCCC12CCNCC2.CC(C)(C)OC(=O)Nc1ccc(-c2cccs2)cc1NC(=O)c1ccc(Cl)nc1.Nc1ccc(-c2cccs2)cc1NC(=O)c1ccc(N2CCC3(CCCC3)CC2)nc1. The fourth-order valence-corrected chi connectivity index (χ4v) is 12.0. The molecule has 408 valence electrons. The van der Waals surface area contributed by atoms with Gasteiger partial charge in [0.2, 0.25) is 0 Å². The summed E-state index contributed by atoms with van der Waals surface area (Å²) in [5.41, 5.74) is 10.6. The largest absolute Gasteiger partial charge is 0.444 e. The molecule has 2 aromatic carbocycles. The van der Waals surface area contributed by atoms with Crippen molar-refractivity contribution < 1.29 is 28.7 Å². The highest BCUT2D eigenvalue weighted by atomic mass is 35.5. The number of hydrogen-bond acceptors (Lipinski definition) is 13. The van der Waals surface area contributed by atoms with Gasteiger partial charge in [-0.1, -0.05) is 48.7 Å². The van der Waals surface area contributed by atoms with E-state index in [1.807, 2.05) is 91.0 Å². The van der Waals surface area contributed by atoms with Gasteiger partial charge < -0.3 is 41.0 Å². The number of nitrogens with two attached hydrogens (primary N) is 1. The van der Waals surface area contributed by atoms with Crippen molar-refractivity contribution in [1.82, 2.24) is 20.2 Å². The molecule has 4 amide bonds. The van der Waals surface area contributed by atoms with Crippen molar-refractivity contribution in [2.75, 3.05) is 59.3 Å². The third-order valence-corrected chi connectivity index (χ3v) is 16.4. The summed E-state index contributed by atoms with van der Waals surface area (Å²) in [5.74, 6) is 0.394. The van der Waals surface area contributed by atoms with Gasteiger partial charge in [-0.2, -0.15) is 0 Å². The van der Waals surface area contributed by atoms with Crippen molar-refractivity contribution in [3.63, 3.8) is 0 Å². The first-order valence-electron chi connectivity index (χ1n) is 26.5. The Kier molecular flexibility index (Phi) is 18.3. The summed E-state index contributed by atoms with van der Waals surface area (Å²) in [7, 11) is 0. The summed E-state index contributed by atoms with van der Waals surface area (Å²) in [6.45, 7) is 16.1. The predicted octanol–water partition coefficient (Wildman–Crippen LogP) is 14.0. The molecule has 3 aliphatic heterocycles. The number of carbonyl (C=O) groups is 4. The summed E-state index contributed by atoms with van der Waals surface area (Å²) >= 11 is 9.03. The van der Waals surface area contributed by atoms with Gasteiger partial charge in [0, 0.05) is 47.3 Å². The Balaban J connectivity index is 0.000000159. The number of nitrogens with zero attached hydrogens (tertiary/aromatic N) is 4. The van der Waals surface area contributed by atoms with Gasteiger partial charge in [-0.3, -0.25) is 14.9 Å². The highest BCUT2D eigenvalue weighted by Crippen LogP contribution is 2.46. The predicted molar refractivity (Wildman–Crippen MR) is 313 cm³/mol. The van der Waals surface area contributed by atoms with Gasteiger partial charge in [0.05, 0.1) is 33.9 Å². The quantitative estimate of drug-likeness (QED) is 0.0719. The van der Waals surface area contributed by atoms with E-state index in [-0.39, 0.29) is 23.4 Å². The van der Waals surface area contributed by atoms with Gasteiger partial charge in [-0.15, -0.1) is 22.7 Å². The Morgan fingerprint density at radius 1 is 0.636 bits per heavy atom. The first kappa shape index (κ1) is 56.7. The average molecular weight is 1100 g/mol. The molecule has 2 spiro atoms. The number of pyridine rings is 2. The molecule has 4 fully saturated rings. The van der Waals surface area contributed by atoms with E-state index in [9.17, 15) is 19.2 Å². The van der Waals surface area contributed by atoms with Crippen LogP contribution in [-0.4, -0.2) is 88.3 Å². The molecule has 0 unspecified atom stereocenters. The minimum Gasteiger partial charge on any atom is -0.444 e. The van der Waals surface area contributed by atoms with Crippen LogP contribution in [0.15, 0.2) is 108 Å². The second kappa shape index (κ2) is 24.9. The van der Waals surface area contributed by atoms with Crippen LogP contribution in [0.5, 0.6) is 0 Å². The Morgan fingerprint density at radius 3 is 1.78 bits per heavy atom. The van der Waals surface area contributed by atoms with Crippen molar-refractivity contribution in [3.8, 4) is 20.9 Å². The molecule has 7 heterocycles. The van der Waals surface area contributed by atoms with Crippen molar-refractivity contribution in [3.05, 3.63) is 124 Å². The topological polar surface area (TPSA) is 193 Å². The molecule has 15 nitrogen and oxygen atoms in total. The summed E-state index contributed by atoms with van der Waals surface area (Å²) in [6, 6.07) is 26.1. The van der Waals surface area contributed by atoms with Gasteiger partial charge in [0.15, 0.2) is 0 Å². The minimum atomic E-state index is -0.640. The lowest BCUT2D eigenvalue weighted by Gasteiger charge is -2.42. The molecule has 4 aromatic heterocycles. The third-order valence-electron chi connectivity index (χ3n) is 14.4. The lowest BCUT2D eigenvalue weighted by Crippen LogP contribution is -2.54. The Labute approximate surface area is 465 Å². The fourth-order valence-electron chi connectivity index (χ4n) is 10.4. The standard InChI is InChI=1S/C25H28N4OS.C21H20ClN3O3S.C13H24N2O2/c26-20-7-5-18(22-4-3-15-31-22)16-21(20)28-24(30)19-6-8-23(27-17-19)29-13-11-25(12-14-29)9-1-2-10-25;1-21(2,3)28-20(27)25-15-8-6-13(17-5-4-10-29-17)11-16(15)24-19(26)14-7-9-18(22)23-12-14;1-12(2,3)17-11(16)15-10-4-5-13(15)6-8-14-9-7-13/h3-8,15-17H,1-2,9-14,26H2,(H,28,30);4-12H,1-3H3,(H,24,26)(H,25,27);14H,4-10H2,1-3H3. The van der Waals surface area contributed by atoms with Crippen LogP contribution < -0.4 is 31.9 Å². The first-order valence-corrected chi connectivity index (χ1v) is 28.7. The Bertz CT molecular complexity index is 2940. The summed E-state index contributed by atoms with van der Waals surface area (Å²) in [5, 5.41) is 16.1. The van der Waals surface area contributed by atoms with Gasteiger partial charge in [0.1, 0.15) is 22.2 Å². The maximum atomic E-state index is 12.8. The van der Waals surface area contributed by atoms with Gasteiger partial charge >= 0.3 is 12.2 Å². The summed E-state index contributed by atoms with van der Waals surface area (Å²) < 4.78 is 10.8. The lowest BCUT2D eigenvalue weighted by atomic mass is 9.77. The van der Waals surface area contributed by atoms with Gasteiger partial charge in [-0.25, -0.2) is 19.6 Å². The van der Waals surface area contributed by atoms with Crippen molar-refractivity contribution in [2.45, 2.75) is 122 Å². The maximum absolute atomic E-state index is 12.8. The molecule has 6 aromatic rings. The summed E-state index contributed by atoms with van der Waals surface area (Å²) in [4.78, 5) is 64.9. The molecule has 1 saturated carbocycles. The van der Waals surface area contributed by atoms with Crippen molar-refractivity contribution in [2.24, 2.45) is 5.41 Å². The van der Waals surface area contributed by atoms with E-state index < -0.39 is 17.3 Å². The Hall–Kier alpha value is -6.53. The van der Waals surface area contributed by atoms with Gasteiger partial charge in [0.25, 0.3) is 11.8 Å². The van der Waals surface area contributed by atoms with E-state index in [1.54, 1.807) is 73.9 Å². The zero-order valence-corrected chi connectivity index (χ0v) is 47.4. The normalized spacial score (nSPS) is 16.6. The zero-order chi connectivity index (χ0) is 54.8. The van der Waals surface area contributed by atoms with Crippen molar-refractivity contribution >= 4 is 86.8 Å². The molecule has 0 radical (unpaired) electrons. The molecule has 4 aliphatic rings. The first-order chi connectivity index (χ1) is 36.8. The van der Waals surface area contributed by atoms with Crippen LogP contribution in [0, 0.1) is 5.41 Å². The molecule has 0 bridgehead atoms. The number of nitrogens with one attached hydrogen (secondary N) is 4. The van der Waals surface area contributed by atoms with Crippen LogP contribution >= 0.6 is 34.3 Å². The van der Waals surface area contributed by atoms with Crippen LogP contribution in [0.4, 0.5) is 38.2 Å². The second-order valence-electron chi connectivity index (χ2n) is 22.2. The number of carbonyl (C=O) groups excluding carboxylic acids is 4. The Morgan fingerprint density at radius 2 is 1.22 bits per heavy atom. The highest BCUT2D eigenvalue weighted by molar-refractivity contribution is 7.13. The highest BCUT2D eigenvalue weighted by Gasteiger charge is 2.45. The number of rotatable bonds is 8. The van der Waals surface area contributed by atoms with Crippen LogP contribution in [0.2, 0.25) is 5.15 Å². The number of likely N-dealkylation sites (tertiary alicyclic amines) is 1. The molecular formula is C59H72ClN9O6S2. The van der Waals surface area contributed by atoms with E-state index in [0.717, 1.165) is 85.1 Å². The monoisotopic (exact) mass is 1100 g/mol. The van der Waals surface area contributed by atoms with Crippen LogP contribution in [0.1, 0.15) is 126 Å². The van der Waals surface area contributed by atoms with Crippen LogP contribution in [0.3, 0.4) is 0 Å². The number of amides is 4. The van der Waals surface area contributed by atoms with E-state index >= 15 is 0 Å². The number of halogens is 1. The molecule has 18 heteroatoms. The number of hydrogen-bond donors (Lipinski definition) is 5. The molecule has 10 rings (SSSR count). The summed E-state index contributed by atoms with van der Waals surface area (Å²) in [6.07, 6.45) is 14.8. The number of anilines is 5. The van der Waals surface area contributed by atoms with E-state index in [0.29, 0.717) is 44.4 Å². The smallest absolute Gasteiger partial charge is 0.412 e. The van der Waals surface area contributed by atoms with Gasteiger partial charge in [-0.05, 0) is 194 Å². The molecule has 6 N–H and O–H groups in total. The number of nitrogen functional groups attached to an aromatic ring is 1. The number of piperidine rings is 2. The second-order valence-corrected chi connectivity index (χ2v) is 24.5. The van der Waals surface area contributed by atoms with E-state index in [1.165, 1.54) is 44.7 Å². The molecular weight excluding hydrogens is 1030 g/mol. The number of ether oxygens (including phenoxy) is 2. The van der Waals surface area contributed by atoms with Crippen molar-refractivity contribution in [1.29, 1.82) is 0 Å². The van der Waals surface area contributed by atoms with Crippen LogP contribution in [-0.2, 0) is 9.47 Å². The molecule has 77 heavy (non-hydrogen) atoms. The molecule has 3 saturated heterocycles. The third kappa shape index (κ3) is 15.4.